The van der Waals surface area contributed by atoms with Crippen molar-refractivity contribution < 1.29 is 0 Å². The number of hydrogen-bond acceptors (Lipinski definition) is 2. The molecule has 0 saturated carbocycles. The third-order valence-corrected chi connectivity index (χ3v) is 6.25. The summed E-state index contributed by atoms with van der Waals surface area (Å²) in [6.07, 6.45) is 19.0. The molecule has 0 unspecified atom stereocenters. The highest BCUT2D eigenvalue weighted by atomic mass is 15.1. The molecular weight excluding hydrogens is 268 g/mol. The first-order valence-corrected chi connectivity index (χ1v) is 7.99. The van der Waals surface area contributed by atoms with Crippen LogP contribution in [0.2, 0.25) is 0 Å². The maximum Gasteiger partial charge on any atom is 0.0929 e. The molecule has 0 aromatic carbocycles. The fraction of sp³-hybridized carbons (Fsp3) is 0.300. The molecule has 1 aliphatic heterocycles. The van der Waals surface area contributed by atoms with Gasteiger partial charge in [0.25, 0.3) is 0 Å². The molecule has 5 rings (SSSR count). The van der Waals surface area contributed by atoms with Gasteiger partial charge in [-0.15, -0.1) is 0 Å². The van der Waals surface area contributed by atoms with Crippen LogP contribution < -0.4 is 0 Å². The Morgan fingerprint density at radius 3 is 2.23 bits per heavy atom. The van der Waals surface area contributed by atoms with Crippen LogP contribution in [0.3, 0.4) is 0 Å². The molecule has 2 heteroatoms. The van der Waals surface area contributed by atoms with Crippen LogP contribution in [0.4, 0.5) is 0 Å². The van der Waals surface area contributed by atoms with Crippen LogP contribution >= 0.6 is 0 Å². The molecule has 0 fully saturated rings. The van der Waals surface area contributed by atoms with Gasteiger partial charge in [-0.1, -0.05) is 62.5 Å². The first-order valence-electron chi connectivity index (χ1n) is 7.99. The van der Waals surface area contributed by atoms with E-state index in [-0.39, 0.29) is 10.8 Å². The van der Waals surface area contributed by atoms with Crippen molar-refractivity contribution in [2.24, 2.45) is 21.1 Å². The van der Waals surface area contributed by atoms with Crippen molar-refractivity contribution in [2.75, 3.05) is 6.54 Å². The standard InChI is InChI=1S/C20H18N2/c1-19-13-5-3-7-16(19)15-11-12-21-22-18(15)17-8-4-6-14(10-9-13)20(17,19)2/h3-10H,11-12H2,1-2H3/t19-,20-/m1/s1. The Morgan fingerprint density at radius 2 is 1.50 bits per heavy atom. The highest BCUT2D eigenvalue weighted by Crippen LogP contribution is 2.68. The molecule has 0 saturated heterocycles. The summed E-state index contributed by atoms with van der Waals surface area (Å²) in [5, 5.41) is 8.91. The van der Waals surface area contributed by atoms with Gasteiger partial charge < -0.3 is 0 Å². The van der Waals surface area contributed by atoms with Crippen molar-refractivity contribution in [3.8, 4) is 0 Å². The van der Waals surface area contributed by atoms with Crippen molar-refractivity contribution in [2.45, 2.75) is 20.3 Å². The Bertz CT molecular complexity index is 854. The molecule has 5 aliphatic rings. The molecule has 4 aliphatic carbocycles. The molecular formula is C20H18N2. The maximum absolute atomic E-state index is 4.58. The van der Waals surface area contributed by atoms with E-state index in [2.05, 4.69) is 72.7 Å². The number of hydrogen-bond donors (Lipinski definition) is 0. The van der Waals surface area contributed by atoms with Crippen LogP contribution in [-0.4, -0.2) is 6.54 Å². The highest BCUT2D eigenvalue weighted by molar-refractivity contribution is 5.71. The number of azo groups is 1. The summed E-state index contributed by atoms with van der Waals surface area (Å²) in [6.45, 7) is 5.59. The smallest absolute Gasteiger partial charge is 0.0929 e. The van der Waals surface area contributed by atoms with Crippen molar-refractivity contribution >= 4 is 0 Å². The minimum absolute atomic E-state index is 0.00583. The van der Waals surface area contributed by atoms with Gasteiger partial charge in [0.05, 0.1) is 12.2 Å². The Labute approximate surface area is 130 Å². The van der Waals surface area contributed by atoms with Crippen LogP contribution in [0, 0.1) is 10.8 Å². The van der Waals surface area contributed by atoms with Crippen LogP contribution in [0.25, 0.3) is 0 Å². The maximum atomic E-state index is 4.58. The van der Waals surface area contributed by atoms with E-state index in [9.17, 15) is 0 Å². The van der Waals surface area contributed by atoms with Crippen LogP contribution in [0.1, 0.15) is 20.3 Å². The van der Waals surface area contributed by atoms with E-state index in [0.29, 0.717) is 0 Å². The summed E-state index contributed by atoms with van der Waals surface area (Å²) in [6, 6.07) is 0. The van der Waals surface area contributed by atoms with Gasteiger partial charge in [-0.2, -0.15) is 10.2 Å². The third-order valence-electron chi connectivity index (χ3n) is 6.25. The Morgan fingerprint density at radius 1 is 0.864 bits per heavy atom. The number of fused-ring (bicyclic) bond motifs is 2. The molecule has 1 heterocycles. The van der Waals surface area contributed by atoms with Crippen molar-refractivity contribution in [1.29, 1.82) is 0 Å². The molecule has 2 nitrogen and oxygen atoms in total. The number of allylic oxidation sites excluding steroid dienone is 12. The second kappa shape index (κ2) is 3.75. The normalized spacial score (nSPS) is 37.0. The quantitative estimate of drug-likeness (QED) is 0.600. The van der Waals surface area contributed by atoms with Gasteiger partial charge in [0.2, 0.25) is 0 Å². The van der Waals surface area contributed by atoms with Gasteiger partial charge in [-0.25, -0.2) is 0 Å². The molecule has 0 N–H and O–H groups in total. The van der Waals surface area contributed by atoms with E-state index in [1.807, 2.05) is 0 Å². The Balaban J connectivity index is 1.96. The molecule has 108 valence electrons. The minimum atomic E-state index is -0.0579. The van der Waals surface area contributed by atoms with Gasteiger partial charge in [-0.05, 0) is 34.3 Å². The van der Waals surface area contributed by atoms with E-state index < -0.39 is 0 Å². The van der Waals surface area contributed by atoms with Crippen LogP contribution in [0.5, 0.6) is 0 Å². The molecule has 0 amide bonds. The lowest BCUT2D eigenvalue weighted by atomic mass is 9.45. The van der Waals surface area contributed by atoms with E-state index in [1.54, 1.807) is 0 Å². The first kappa shape index (κ1) is 12.3. The average Bonchev–Trinajstić information content (AvgIpc) is 2.54. The number of nitrogens with zero attached hydrogens (tertiary/aromatic N) is 2. The first-order chi connectivity index (χ1) is 10.7. The predicted molar refractivity (Wildman–Crippen MR) is 88.2 cm³/mol. The predicted octanol–water partition coefficient (Wildman–Crippen LogP) is 4.98. The number of rotatable bonds is 0. The summed E-state index contributed by atoms with van der Waals surface area (Å²) in [7, 11) is 0. The van der Waals surface area contributed by atoms with Gasteiger partial charge in [0.1, 0.15) is 0 Å². The van der Waals surface area contributed by atoms with Crippen LogP contribution in [0.15, 0.2) is 92.4 Å². The Kier molecular flexibility index (Phi) is 2.10. The molecule has 2 atom stereocenters. The topological polar surface area (TPSA) is 24.7 Å². The average molecular weight is 286 g/mol. The van der Waals surface area contributed by atoms with Crippen molar-refractivity contribution in [3.05, 3.63) is 82.2 Å². The van der Waals surface area contributed by atoms with E-state index in [1.165, 1.54) is 27.9 Å². The Hall–Kier alpha value is -2.22. The molecule has 0 radical (unpaired) electrons. The monoisotopic (exact) mass is 286 g/mol. The zero-order valence-electron chi connectivity index (χ0n) is 12.9. The molecule has 0 bridgehead atoms. The lowest BCUT2D eigenvalue weighted by Gasteiger charge is -2.58. The van der Waals surface area contributed by atoms with E-state index >= 15 is 0 Å². The summed E-state index contributed by atoms with van der Waals surface area (Å²) in [5.74, 6) is 0. The second-order valence-electron chi connectivity index (χ2n) is 6.92. The van der Waals surface area contributed by atoms with Gasteiger partial charge >= 0.3 is 0 Å². The summed E-state index contributed by atoms with van der Waals surface area (Å²) in [5.41, 5.74) is 8.01. The van der Waals surface area contributed by atoms with Gasteiger partial charge in [-0.3, -0.25) is 0 Å². The summed E-state index contributed by atoms with van der Waals surface area (Å²) >= 11 is 0. The minimum Gasteiger partial charge on any atom is -0.188 e. The summed E-state index contributed by atoms with van der Waals surface area (Å²) in [4.78, 5) is 0. The van der Waals surface area contributed by atoms with E-state index in [4.69, 9.17) is 0 Å². The molecule has 0 spiro atoms. The van der Waals surface area contributed by atoms with Crippen molar-refractivity contribution in [3.63, 3.8) is 0 Å². The molecule has 0 aromatic rings. The fourth-order valence-electron chi connectivity index (χ4n) is 4.87. The lowest BCUT2D eigenvalue weighted by Crippen LogP contribution is -2.49. The third kappa shape index (κ3) is 1.12. The zero-order chi connectivity index (χ0) is 14.9. The van der Waals surface area contributed by atoms with E-state index in [0.717, 1.165) is 18.7 Å². The molecule has 22 heavy (non-hydrogen) atoms. The second-order valence-corrected chi connectivity index (χ2v) is 6.92. The fourth-order valence-corrected chi connectivity index (χ4v) is 4.87. The largest absolute Gasteiger partial charge is 0.188 e. The van der Waals surface area contributed by atoms with Crippen molar-refractivity contribution in [1.82, 2.24) is 0 Å². The SMILES string of the molecule is C[C@@]12C3=CC=C4C=CC=C(C5=C(CCN=N5)C1=CC=C3)[C@@]42C. The van der Waals surface area contributed by atoms with Gasteiger partial charge in [0, 0.05) is 10.8 Å². The van der Waals surface area contributed by atoms with Gasteiger partial charge in [0.15, 0.2) is 0 Å². The van der Waals surface area contributed by atoms with Crippen LogP contribution in [-0.2, 0) is 0 Å². The zero-order valence-corrected chi connectivity index (χ0v) is 12.9. The lowest BCUT2D eigenvalue weighted by molar-refractivity contribution is 0.238. The molecule has 0 aromatic heterocycles. The highest BCUT2D eigenvalue weighted by Gasteiger charge is 2.59. The summed E-state index contributed by atoms with van der Waals surface area (Å²) < 4.78 is 0.